The Balaban J connectivity index is 2.23. The second kappa shape index (κ2) is 13.2. The van der Waals surface area contributed by atoms with Crippen LogP contribution in [0.1, 0.15) is 40.2 Å². The summed E-state index contributed by atoms with van der Waals surface area (Å²) in [6.07, 6.45) is 0.271. The molecule has 0 bridgehead atoms. The number of alkyl carbamates (subject to hydrolysis) is 1. The van der Waals surface area contributed by atoms with Gasteiger partial charge in [-0.1, -0.05) is 6.07 Å². The van der Waals surface area contributed by atoms with Gasteiger partial charge in [-0.25, -0.2) is 4.79 Å². The number of hydrogen-bond donors (Lipinski definition) is 2. The van der Waals surface area contributed by atoms with Crippen LogP contribution in [0.25, 0.3) is 0 Å². The summed E-state index contributed by atoms with van der Waals surface area (Å²) in [6, 6.07) is 5.84. The minimum absolute atomic E-state index is 0.0248. The highest BCUT2D eigenvalue weighted by Crippen LogP contribution is 2.28. The molecule has 0 aromatic heterocycles. The van der Waals surface area contributed by atoms with Crippen molar-refractivity contribution in [3.05, 3.63) is 23.8 Å². The van der Waals surface area contributed by atoms with Gasteiger partial charge in [0.2, 0.25) is 5.91 Å². The summed E-state index contributed by atoms with van der Waals surface area (Å²) in [5, 5.41) is 5.58. The summed E-state index contributed by atoms with van der Waals surface area (Å²) < 4.78 is 16.3. The summed E-state index contributed by atoms with van der Waals surface area (Å²) in [4.78, 5) is 23.5. The molecule has 7 nitrogen and oxygen atoms in total. The summed E-state index contributed by atoms with van der Waals surface area (Å²) in [5.74, 6) is 2.43. The second-order valence-corrected chi connectivity index (χ2v) is 8.33. The quantitative estimate of drug-likeness (QED) is 0.498. The van der Waals surface area contributed by atoms with Crippen molar-refractivity contribution in [2.45, 2.75) is 46.6 Å². The monoisotopic (exact) mass is 426 g/mol. The van der Waals surface area contributed by atoms with E-state index in [0.29, 0.717) is 44.2 Å². The maximum atomic E-state index is 11.9. The molecule has 29 heavy (non-hydrogen) atoms. The molecule has 8 heteroatoms. The van der Waals surface area contributed by atoms with Crippen LogP contribution in [-0.4, -0.2) is 55.4 Å². The third kappa shape index (κ3) is 11.5. The van der Waals surface area contributed by atoms with Gasteiger partial charge < -0.3 is 24.8 Å². The van der Waals surface area contributed by atoms with Crippen LogP contribution in [0, 0.1) is 0 Å². The van der Waals surface area contributed by atoms with E-state index in [1.54, 1.807) is 0 Å². The van der Waals surface area contributed by atoms with E-state index < -0.39 is 11.7 Å². The van der Waals surface area contributed by atoms with Gasteiger partial charge in [-0.3, -0.25) is 4.79 Å². The molecule has 0 saturated carbocycles. The van der Waals surface area contributed by atoms with Crippen molar-refractivity contribution in [3.8, 4) is 11.5 Å². The third-order valence-electron chi connectivity index (χ3n) is 3.49. The Morgan fingerprint density at radius 1 is 1.00 bits per heavy atom. The van der Waals surface area contributed by atoms with Crippen molar-refractivity contribution in [1.29, 1.82) is 0 Å². The lowest BCUT2D eigenvalue weighted by molar-refractivity contribution is -0.118. The van der Waals surface area contributed by atoms with E-state index in [-0.39, 0.29) is 5.91 Å². The number of carbonyl (C=O) groups excluding carboxylic acids is 2. The summed E-state index contributed by atoms with van der Waals surface area (Å²) >= 11 is 1.47. The predicted molar refractivity (Wildman–Crippen MR) is 117 cm³/mol. The number of benzene rings is 1. The lowest BCUT2D eigenvalue weighted by Gasteiger charge is -2.19. The van der Waals surface area contributed by atoms with E-state index >= 15 is 0 Å². The molecule has 1 aromatic carbocycles. The first-order valence-electron chi connectivity index (χ1n) is 9.95. The number of carbonyl (C=O) groups is 2. The van der Waals surface area contributed by atoms with E-state index in [0.717, 1.165) is 17.1 Å². The first-order valence-corrected chi connectivity index (χ1v) is 11.1. The molecule has 1 aromatic rings. The first kappa shape index (κ1) is 24.9. The van der Waals surface area contributed by atoms with Crippen molar-refractivity contribution in [2.24, 2.45) is 0 Å². The minimum Gasteiger partial charge on any atom is -0.490 e. The van der Waals surface area contributed by atoms with Gasteiger partial charge in [-0.15, -0.1) is 0 Å². The van der Waals surface area contributed by atoms with E-state index in [1.807, 2.05) is 52.8 Å². The third-order valence-corrected chi connectivity index (χ3v) is 4.45. The van der Waals surface area contributed by atoms with Gasteiger partial charge in [-0.05, 0) is 58.7 Å². The number of amides is 2. The topological polar surface area (TPSA) is 85.9 Å². The molecule has 0 aliphatic rings. The number of nitrogens with one attached hydrogen (secondary N) is 2. The van der Waals surface area contributed by atoms with Crippen molar-refractivity contribution in [1.82, 2.24) is 10.6 Å². The van der Waals surface area contributed by atoms with Gasteiger partial charge in [0.25, 0.3) is 0 Å². The number of hydrogen-bond acceptors (Lipinski definition) is 6. The zero-order chi connectivity index (χ0) is 21.7. The molecule has 0 spiro atoms. The van der Waals surface area contributed by atoms with E-state index in [4.69, 9.17) is 14.2 Å². The van der Waals surface area contributed by atoms with Crippen LogP contribution in [-0.2, 0) is 16.0 Å². The molecule has 0 unspecified atom stereocenters. The molecule has 0 fully saturated rings. The van der Waals surface area contributed by atoms with Crippen LogP contribution in [0.4, 0.5) is 4.79 Å². The fourth-order valence-corrected chi connectivity index (χ4v) is 3.03. The Bertz CT molecular complexity index is 646. The Labute approximate surface area is 178 Å². The molecule has 0 atom stereocenters. The molecule has 0 aliphatic carbocycles. The van der Waals surface area contributed by atoms with Gasteiger partial charge >= 0.3 is 6.09 Å². The van der Waals surface area contributed by atoms with Crippen molar-refractivity contribution in [3.63, 3.8) is 0 Å². The van der Waals surface area contributed by atoms with E-state index in [9.17, 15) is 9.59 Å². The normalized spacial score (nSPS) is 10.9. The Morgan fingerprint density at radius 2 is 1.69 bits per heavy atom. The zero-order valence-corrected chi connectivity index (χ0v) is 18.9. The maximum absolute atomic E-state index is 11.9. The highest BCUT2D eigenvalue weighted by Gasteiger charge is 2.15. The largest absolute Gasteiger partial charge is 0.490 e. The number of thioether (sulfide) groups is 1. The van der Waals surface area contributed by atoms with Gasteiger partial charge in [0.05, 0.1) is 19.0 Å². The molecule has 1 rings (SSSR count). The second-order valence-electron chi connectivity index (χ2n) is 7.23. The lowest BCUT2D eigenvalue weighted by atomic mass is 10.1. The van der Waals surface area contributed by atoms with Crippen LogP contribution >= 0.6 is 11.8 Å². The van der Waals surface area contributed by atoms with E-state index in [1.165, 1.54) is 11.8 Å². The first-order chi connectivity index (χ1) is 13.7. The van der Waals surface area contributed by atoms with Crippen LogP contribution < -0.4 is 20.1 Å². The van der Waals surface area contributed by atoms with Crippen molar-refractivity contribution >= 4 is 23.8 Å². The Kier molecular flexibility index (Phi) is 11.3. The Morgan fingerprint density at radius 3 is 2.34 bits per heavy atom. The summed E-state index contributed by atoms with van der Waals surface area (Å²) in [7, 11) is 0. The van der Waals surface area contributed by atoms with Crippen LogP contribution in [0.3, 0.4) is 0 Å². The summed E-state index contributed by atoms with van der Waals surface area (Å²) in [6.45, 7) is 11.5. The molecule has 2 amide bonds. The molecule has 0 saturated heterocycles. The maximum Gasteiger partial charge on any atom is 0.407 e. The molecular weight excluding hydrogens is 392 g/mol. The lowest BCUT2D eigenvalue weighted by Crippen LogP contribution is -2.34. The smallest absolute Gasteiger partial charge is 0.407 e. The predicted octanol–water partition coefficient (Wildman–Crippen LogP) is 3.40. The van der Waals surface area contributed by atoms with Crippen molar-refractivity contribution in [2.75, 3.05) is 37.8 Å². The number of ether oxygens (including phenoxy) is 3. The highest BCUT2D eigenvalue weighted by atomic mass is 32.2. The van der Waals surface area contributed by atoms with Crippen LogP contribution in [0.15, 0.2) is 18.2 Å². The average molecular weight is 427 g/mol. The van der Waals surface area contributed by atoms with Gasteiger partial charge in [0, 0.05) is 18.8 Å². The number of rotatable bonds is 12. The molecular formula is C21H34N2O5S. The average Bonchev–Trinajstić information content (AvgIpc) is 2.62. The Hall–Kier alpha value is -2.09. The summed E-state index contributed by atoms with van der Waals surface area (Å²) in [5.41, 5.74) is 0.565. The molecule has 0 radical (unpaired) electrons. The van der Waals surface area contributed by atoms with Gasteiger partial charge in [0.15, 0.2) is 11.5 Å². The standard InChI is InChI=1S/C21H34N2O5S/c1-6-26-17-9-8-16(14-18(17)27-7-2)10-11-22-19(24)15-29-13-12-23-20(25)28-21(3,4)5/h8-9,14H,6-7,10-13,15H2,1-5H3,(H,22,24)(H,23,25). The molecule has 0 aliphatic heterocycles. The van der Waals surface area contributed by atoms with Crippen LogP contribution in [0.2, 0.25) is 0 Å². The van der Waals surface area contributed by atoms with Crippen molar-refractivity contribution < 1.29 is 23.8 Å². The minimum atomic E-state index is -0.510. The molecule has 2 N–H and O–H groups in total. The SMILES string of the molecule is CCOc1ccc(CCNC(=O)CSCCNC(=O)OC(C)(C)C)cc1OCC. The van der Waals surface area contributed by atoms with Crippen LogP contribution in [0.5, 0.6) is 11.5 Å². The van der Waals surface area contributed by atoms with Gasteiger partial charge in [0.1, 0.15) is 5.60 Å². The fourth-order valence-electron chi connectivity index (χ4n) is 2.35. The van der Waals surface area contributed by atoms with Gasteiger partial charge in [-0.2, -0.15) is 11.8 Å². The fraction of sp³-hybridized carbons (Fsp3) is 0.619. The highest BCUT2D eigenvalue weighted by molar-refractivity contribution is 7.99. The molecule has 164 valence electrons. The zero-order valence-electron chi connectivity index (χ0n) is 18.1. The van der Waals surface area contributed by atoms with E-state index in [2.05, 4.69) is 10.6 Å². The molecule has 0 heterocycles.